The van der Waals surface area contributed by atoms with E-state index in [-0.39, 0.29) is 12.7 Å². The summed E-state index contributed by atoms with van der Waals surface area (Å²) in [6.07, 6.45) is 4.57. The maximum absolute atomic E-state index is 10.0. The number of aliphatic hydroxyl groups is 3. The largest absolute Gasteiger partial charge is 0.393 e. The van der Waals surface area contributed by atoms with Crippen LogP contribution in [0.5, 0.6) is 0 Å². The number of halogens is 2. The van der Waals surface area contributed by atoms with Gasteiger partial charge in [0.2, 0.25) is 9.05 Å². The van der Waals surface area contributed by atoms with E-state index in [1.165, 1.54) is 17.5 Å². The van der Waals surface area contributed by atoms with Crippen molar-refractivity contribution in [2.45, 2.75) is 160 Å². The molecule has 0 aliphatic rings. The summed E-state index contributed by atoms with van der Waals surface area (Å²) in [5.74, 6) is 0.709. The third-order valence-electron chi connectivity index (χ3n) is 8.66. The molecule has 0 aromatic heterocycles. The molecule has 0 spiro atoms. The Bertz CT molecular complexity index is 1670. The van der Waals surface area contributed by atoms with E-state index in [1.54, 1.807) is 24.3 Å². The van der Waals surface area contributed by atoms with E-state index in [0.29, 0.717) is 11.0 Å². The van der Waals surface area contributed by atoms with Crippen molar-refractivity contribution in [3.05, 3.63) is 186 Å². The van der Waals surface area contributed by atoms with Crippen molar-refractivity contribution in [1.29, 1.82) is 0 Å². The van der Waals surface area contributed by atoms with Gasteiger partial charge in [-0.3, -0.25) is 4.79 Å². The molecule has 3 atom stereocenters. The van der Waals surface area contributed by atoms with Crippen LogP contribution in [0.3, 0.4) is 0 Å². The zero-order valence-electron chi connectivity index (χ0n) is 46.4. The maximum Gasteiger partial charge on any atom is 0.229 e. The fourth-order valence-corrected chi connectivity index (χ4v) is 3.83. The highest BCUT2D eigenvalue weighted by molar-refractivity contribution is 8.13. The van der Waals surface area contributed by atoms with Crippen LogP contribution in [0.15, 0.2) is 158 Å². The summed E-state index contributed by atoms with van der Waals surface area (Å²) in [5, 5.41) is 27.3. The number of benzene rings is 5. The predicted octanol–water partition coefficient (Wildman–Crippen LogP) is 18.4. The normalized spacial score (nSPS) is 10.6. The molecule has 10 heteroatoms. The smallest absolute Gasteiger partial charge is 0.229 e. The SMILES string of the molecule is C=Cc1ccccc1.CC.CC.CC.CC.CC.CC(C)(C)[Si](C)(C)Cl.CC[C@H](C)c1ccccc1.CC[C@H](O)c1ccccc1.CS(=O)(=O)Cl.O=Cc1ccccc1.OC[C@H](O)c1ccccc1. The molecule has 0 bridgehead atoms. The lowest BCUT2D eigenvalue weighted by Crippen LogP contribution is -2.29. The minimum Gasteiger partial charge on any atom is -0.393 e. The van der Waals surface area contributed by atoms with Crippen LogP contribution in [0, 0.1) is 0 Å². The summed E-state index contributed by atoms with van der Waals surface area (Å²) in [4.78, 5) is 10.0. The number of hydrogen-bond acceptors (Lipinski definition) is 6. The predicted molar refractivity (Wildman–Crippen MR) is 314 cm³/mol. The molecule has 5 rings (SSSR count). The fraction of sp³-hybridized carbons (Fsp3) is 0.441. The first-order valence-corrected chi connectivity index (χ1v) is 31.3. The molecule has 5 aromatic carbocycles. The lowest BCUT2D eigenvalue weighted by molar-refractivity contribution is 0.0956. The van der Waals surface area contributed by atoms with E-state index in [0.717, 1.165) is 35.7 Å². The van der Waals surface area contributed by atoms with E-state index < -0.39 is 22.5 Å². The molecule has 6 nitrogen and oxygen atoms in total. The first-order valence-electron chi connectivity index (χ1n) is 24.5. The van der Waals surface area contributed by atoms with E-state index in [2.05, 4.69) is 95.3 Å². The Hall–Kier alpha value is -3.86. The summed E-state index contributed by atoms with van der Waals surface area (Å²) in [7, 11) is -0.0787. The second-order valence-corrected chi connectivity index (χ2v) is 25.0. The molecule has 0 aliphatic heterocycles. The number of aldehydes is 1. The first kappa shape index (κ1) is 79.3. The molecular formula is C59H98Cl2O6SSi. The van der Waals surface area contributed by atoms with Crippen LogP contribution in [0.1, 0.15) is 174 Å². The van der Waals surface area contributed by atoms with E-state index in [9.17, 15) is 18.3 Å². The average molecular weight is 1030 g/mol. The van der Waals surface area contributed by atoms with E-state index >= 15 is 0 Å². The Kier molecular flexibility index (Phi) is 63.3. The van der Waals surface area contributed by atoms with Gasteiger partial charge in [0.15, 0.2) is 7.38 Å². The van der Waals surface area contributed by atoms with Crippen LogP contribution in [0.25, 0.3) is 6.08 Å². The van der Waals surface area contributed by atoms with Crippen molar-refractivity contribution < 1.29 is 28.5 Å². The van der Waals surface area contributed by atoms with Crippen molar-refractivity contribution in [1.82, 2.24) is 0 Å². The number of rotatable bonds is 8. The zero-order chi connectivity index (χ0) is 55.3. The minimum atomic E-state index is -3.19. The van der Waals surface area contributed by atoms with Gasteiger partial charge < -0.3 is 15.3 Å². The molecule has 0 saturated carbocycles. The van der Waals surface area contributed by atoms with Gasteiger partial charge in [-0.05, 0) is 46.1 Å². The van der Waals surface area contributed by atoms with Crippen molar-refractivity contribution in [3.63, 3.8) is 0 Å². The summed E-state index contributed by atoms with van der Waals surface area (Å²) >= 11 is 6.15. The Morgan fingerprint density at radius 3 is 1.00 bits per heavy atom. The average Bonchev–Trinajstić information content (AvgIpc) is 3.39. The second-order valence-electron chi connectivity index (χ2n) is 14.7. The van der Waals surface area contributed by atoms with Gasteiger partial charge in [0.1, 0.15) is 12.4 Å². The molecule has 0 saturated heterocycles. The van der Waals surface area contributed by atoms with Crippen molar-refractivity contribution >= 4 is 50.6 Å². The van der Waals surface area contributed by atoms with E-state index in [4.69, 9.17) is 21.3 Å². The van der Waals surface area contributed by atoms with Crippen molar-refractivity contribution in [2.75, 3.05) is 12.9 Å². The number of hydrogen-bond donors (Lipinski definition) is 3. The third kappa shape index (κ3) is 54.9. The van der Waals surface area contributed by atoms with E-state index in [1.807, 2.05) is 179 Å². The molecule has 0 heterocycles. The fourth-order valence-electron chi connectivity index (χ4n) is 3.83. The summed E-state index contributed by atoms with van der Waals surface area (Å²) in [6, 6.07) is 48.5. The molecule has 394 valence electrons. The van der Waals surface area contributed by atoms with Gasteiger partial charge >= 0.3 is 0 Å². The Morgan fingerprint density at radius 1 is 0.565 bits per heavy atom. The second kappa shape index (κ2) is 55.1. The van der Waals surface area contributed by atoms with Crippen LogP contribution >= 0.6 is 21.8 Å². The Labute approximate surface area is 435 Å². The Balaban J connectivity index is -0.000000127. The molecule has 0 fully saturated rings. The summed E-state index contributed by atoms with van der Waals surface area (Å²) in [5.41, 5.74) is 5.11. The molecule has 0 radical (unpaired) electrons. The molecule has 0 unspecified atom stereocenters. The number of aliphatic hydroxyl groups excluding tert-OH is 3. The summed E-state index contributed by atoms with van der Waals surface area (Å²) in [6.45, 7) is 40.8. The lowest BCUT2D eigenvalue weighted by atomic mass is 9.99. The highest BCUT2D eigenvalue weighted by Gasteiger charge is 2.32. The zero-order valence-corrected chi connectivity index (χ0v) is 49.7. The highest BCUT2D eigenvalue weighted by Crippen LogP contribution is 2.38. The van der Waals surface area contributed by atoms with Gasteiger partial charge in [0.05, 0.1) is 19.0 Å². The molecule has 3 N–H and O–H groups in total. The van der Waals surface area contributed by atoms with Crippen molar-refractivity contribution in [2.24, 2.45) is 0 Å². The number of carbonyl (C=O) groups is 1. The topological polar surface area (TPSA) is 112 Å². The first-order chi connectivity index (χ1) is 32.6. The third-order valence-corrected chi connectivity index (χ3v) is 13.9. The number of carbonyl (C=O) groups excluding carboxylic acids is 1. The van der Waals surface area contributed by atoms with Crippen LogP contribution in [-0.2, 0) is 9.05 Å². The maximum atomic E-state index is 10.0. The molecular weight excluding hydrogens is 936 g/mol. The van der Waals surface area contributed by atoms with Crippen molar-refractivity contribution in [3.8, 4) is 0 Å². The van der Waals surface area contributed by atoms with Crippen LogP contribution in [-0.4, -0.2) is 50.3 Å². The van der Waals surface area contributed by atoms with Crippen LogP contribution in [0.4, 0.5) is 0 Å². The van der Waals surface area contributed by atoms with Crippen LogP contribution < -0.4 is 0 Å². The molecule has 5 aromatic rings. The standard InChI is InChI=1S/C10H14.C9H12O.C8H10O2.C8H8.C7H6O.C6H15ClSi.5C2H6.CH3ClO2S/c1-3-9(2)10-7-5-4-6-8-10;1-2-9(10)8-6-4-3-5-7-8;9-6-8(10)7-4-2-1-3-5-7;1-2-8-6-4-3-5-7-8;8-6-7-4-2-1-3-5-7;1-6(2,3)8(4,5)7;5*1-2;1-5(2,3)4/h4-9H,3H2,1-2H3;3-7,9-10H,2H2,1H3;1-5,8-10H,6H2;2-7H,1H2;1-6H;1-5H3;5*1-2H3;1H3/t2*9-;8-;;;;;;;;;/m000........./s1. The van der Waals surface area contributed by atoms with Crippen LogP contribution in [0.2, 0.25) is 18.1 Å². The monoisotopic (exact) mass is 1030 g/mol. The summed E-state index contributed by atoms with van der Waals surface area (Å²) < 4.78 is 18.8. The van der Waals surface area contributed by atoms with Gasteiger partial charge in [0, 0.05) is 16.2 Å². The lowest BCUT2D eigenvalue weighted by Gasteiger charge is -2.29. The highest BCUT2D eigenvalue weighted by atomic mass is 35.7. The van der Waals surface area contributed by atoms with Gasteiger partial charge in [-0.1, -0.05) is 288 Å². The van der Waals surface area contributed by atoms with Gasteiger partial charge in [0.25, 0.3) is 0 Å². The minimum absolute atomic E-state index is 0.218. The van der Waals surface area contributed by atoms with Gasteiger partial charge in [-0.2, -0.15) is 11.1 Å². The van der Waals surface area contributed by atoms with Gasteiger partial charge in [-0.15, -0.1) is 0 Å². The quantitative estimate of drug-likeness (QED) is 0.0618. The Morgan fingerprint density at radius 2 is 0.812 bits per heavy atom. The van der Waals surface area contributed by atoms with Gasteiger partial charge in [-0.25, -0.2) is 8.42 Å². The molecule has 0 aliphatic carbocycles. The molecule has 69 heavy (non-hydrogen) atoms. The molecule has 0 amide bonds.